The molecule has 670 valence electrons. The Morgan fingerprint density at radius 1 is 0.474 bits per heavy atom. The number of nitrogens with zero attached hydrogens (tertiary/aromatic N) is 11. The van der Waals surface area contributed by atoms with Crippen molar-refractivity contribution in [1.82, 2.24) is 94.4 Å². The molecule has 35 nitrogen and oxygen atoms in total. The number of hydrogen-bond donors (Lipinski definition) is 17. The number of amides is 4. The van der Waals surface area contributed by atoms with Gasteiger partial charge in [-0.05, 0) is 189 Å². The molecule has 0 bridgehead atoms. The third kappa shape index (κ3) is 16.6. The lowest BCUT2D eigenvalue weighted by Crippen LogP contribution is -2.32. The van der Waals surface area contributed by atoms with Crippen LogP contribution in [0.1, 0.15) is 135 Å². The molecule has 8 aromatic heterocycles. The van der Waals surface area contributed by atoms with Gasteiger partial charge in [0.2, 0.25) is 0 Å². The molecule has 17 aromatic rings. The molecule has 133 heavy (non-hydrogen) atoms. The second-order valence-corrected chi connectivity index (χ2v) is 33.1. The predicted molar refractivity (Wildman–Crippen MR) is 519 cm³/mol. The summed E-state index contributed by atoms with van der Waals surface area (Å²) in [6.07, 6.45) is 18.4. The highest BCUT2D eigenvalue weighted by Crippen LogP contribution is 2.48. The van der Waals surface area contributed by atoms with E-state index in [4.69, 9.17) is 9.97 Å². The van der Waals surface area contributed by atoms with Crippen molar-refractivity contribution in [2.24, 2.45) is 7.05 Å². The predicted octanol–water partition coefficient (Wildman–Crippen LogP) is 14.8. The van der Waals surface area contributed by atoms with Crippen molar-refractivity contribution in [3.8, 4) is 17.1 Å². The van der Waals surface area contributed by atoms with E-state index in [2.05, 4.69) is 162 Å². The van der Waals surface area contributed by atoms with Gasteiger partial charge in [-0.15, -0.1) is 0 Å². The fourth-order valence-electron chi connectivity index (χ4n) is 17.9. The maximum atomic E-state index is 12.1. The SMILES string of the molecule is C=C1Nc2cc(-n3c(C(C)C)nc4cc(C(=O)NC)ccc43)cnc2N1.C=C1Nc2ccc(-n3c(CO)nc4ccccc43)cc2N1.CNC(=O)c1ccc2c(c1)NC(C1=CCC=C1)N2c1ccc2[nH]c(=O)[nH]c2c1.CNC(=O)c1ccc2c(c1)NC(c1cn(C)cn1)N2c1ccc2[nH]c(=O)[nH]c2c1.CNC(=O)c1ccc2c(c1)nc(C1CCCCC1)n2-c1ccc2[nH]c(=O)[nH]c2c1. The summed E-state index contributed by atoms with van der Waals surface area (Å²) < 4.78 is 8.13. The first kappa shape index (κ1) is 85.2. The Hall–Kier alpha value is -17.2. The number of aliphatic hydroxyl groups excluding tert-OH is 1. The highest BCUT2D eigenvalue weighted by molar-refractivity contribution is 6.02. The van der Waals surface area contributed by atoms with Gasteiger partial charge in [-0.3, -0.25) is 32.9 Å². The molecule has 0 spiro atoms. The number of hydrogen-bond acceptors (Lipinski definition) is 21. The van der Waals surface area contributed by atoms with Gasteiger partial charge in [-0.2, -0.15) is 0 Å². The summed E-state index contributed by atoms with van der Waals surface area (Å²) in [5.74, 6) is 4.90. The lowest BCUT2D eigenvalue weighted by Gasteiger charge is -2.27. The summed E-state index contributed by atoms with van der Waals surface area (Å²) in [6, 6.07) is 55.8. The normalized spacial score (nSPS) is 14.9. The van der Waals surface area contributed by atoms with E-state index in [1.807, 2.05) is 198 Å². The number of aryl methyl sites for hydroxylation is 1. The minimum absolute atomic E-state index is 0.0863. The van der Waals surface area contributed by atoms with Crippen LogP contribution in [-0.2, 0) is 13.7 Å². The van der Waals surface area contributed by atoms with Crippen LogP contribution in [0.3, 0.4) is 0 Å². The number of nitrogens with one attached hydrogen (secondary N) is 16. The van der Waals surface area contributed by atoms with Crippen molar-refractivity contribution in [2.45, 2.75) is 83.1 Å². The molecule has 0 saturated heterocycles. The molecule has 2 aliphatic carbocycles. The largest absolute Gasteiger partial charge is 0.388 e. The molecule has 4 amide bonds. The second kappa shape index (κ2) is 35.4. The minimum atomic E-state index is -0.255. The van der Waals surface area contributed by atoms with Gasteiger partial charge in [0.05, 0.1) is 124 Å². The first-order valence-electron chi connectivity index (χ1n) is 43.6. The van der Waals surface area contributed by atoms with Gasteiger partial charge in [0.25, 0.3) is 23.6 Å². The van der Waals surface area contributed by atoms with Crippen LogP contribution >= 0.6 is 0 Å². The zero-order valence-electron chi connectivity index (χ0n) is 73.6. The number of aliphatic hydroxyl groups is 1. The number of allylic oxidation sites excluding steroid dienone is 2. The molecule has 1 saturated carbocycles. The summed E-state index contributed by atoms with van der Waals surface area (Å²) in [5, 5.41) is 39.8. The van der Waals surface area contributed by atoms with E-state index < -0.39 is 0 Å². The Morgan fingerprint density at radius 2 is 0.970 bits per heavy atom. The molecule has 23 rings (SSSR count). The highest BCUT2D eigenvalue weighted by atomic mass is 16.3. The number of anilines is 10. The molecule has 2 unspecified atom stereocenters. The van der Waals surface area contributed by atoms with E-state index in [9.17, 15) is 38.7 Å². The molecule has 0 radical (unpaired) electrons. The van der Waals surface area contributed by atoms with Crippen LogP contribution in [-0.4, -0.2) is 136 Å². The van der Waals surface area contributed by atoms with Crippen LogP contribution in [0.4, 0.5) is 57.0 Å². The average molecular weight is 1780 g/mol. The van der Waals surface area contributed by atoms with E-state index in [0.717, 1.165) is 183 Å². The van der Waals surface area contributed by atoms with Crippen molar-refractivity contribution < 1.29 is 24.3 Å². The van der Waals surface area contributed by atoms with Crippen LogP contribution in [0, 0.1) is 0 Å². The number of rotatable bonds is 14. The number of pyridine rings is 1. The summed E-state index contributed by atoms with van der Waals surface area (Å²) in [6.45, 7) is 11.8. The van der Waals surface area contributed by atoms with Crippen LogP contribution in [0.15, 0.2) is 258 Å². The minimum Gasteiger partial charge on any atom is -0.388 e. The highest BCUT2D eigenvalue weighted by Gasteiger charge is 2.36. The van der Waals surface area contributed by atoms with Crippen molar-refractivity contribution in [2.75, 3.05) is 69.9 Å². The molecule has 9 aromatic carbocycles. The number of H-pyrrole nitrogens is 6. The fraction of sp³-hybridized carbons (Fsp3) is 0.184. The van der Waals surface area contributed by atoms with Gasteiger partial charge < -0.3 is 103 Å². The quantitative estimate of drug-likeness (QED) is 0.0481. The molecular weight excluding hydrogens is 1680 g/mol. The Labute approximate surface area is 758 Å². The Kier molecular flexibility index (Phi) is 22.7. The molecule has 4 aliphatic heterocycles. The van der Waals surface area contributed by atoms with Gasteiger partial charge in [0, 0.05) is 98.3 Å². The van der Waals surface area contributed by atoms with E-state index >= 15 is 0 Å². The first-order chi connectivity index (χ1) is 64.5. The topological polar surface area (TPSA) is 445 Å². The summed E-state index contributed by atoms with van der Waals surface area (Å²) in [7, 11) is 8.41. The summed E-state index contributed by atoms with van der Waals surface area (Å²) in [5.41, 5.74) is 24.8. The number of imidazole rings is 7. The Bertz CT molecular complexity index is 7810. The summed E-state index contributed by atoms with van der Waals surface area (Å²) in [4.78, 5) is 127. The van der Waals surface area contributed by atoms with Gasteiger partial charge >= 0.3 is 17.1 Å². The van der Waals surface area contributed by atoms with E-state index in [0.29, 0.717) is 39.8 Å². The van der Waals surface area contributed by atoms with Crippen LogP contribution in [0.2, 0.25) is 0 Å². The molecule has 6 aliphatic rings. The maximum Gasteiger partial charge on any atom is 0.323 e. The number of carbonyl (C=O) groups excluding carboxylic acids is 4. The molecule has 12 heterocycles. The molecule has 35 heteroatoms. The van der Waals surface area contributed by atoms with Crippen molar-refractivity contribution in [3.05, 3.63) is 320 Å². The Morgan fingerprint density at radius 3 is 1.54 bits per heavy atom. The van der Waals surface area contributed by atoms with Gasteiger partial charge in [0.15, 0.2) is 5.82 Å². The zero-order valence-corrected chi connectivity index (χ0v) is 73.6. The summed E-state index contributed by atoms with van der Waals surface area (Å²) >= 11 is 0. The first-order valence-corrected chi connectivity index (χ1v) is 43.6. The number of benzene rings is 9. The number of aromatic amines is 6. The van der Waals surface area contributed by atoms with Crippen molar-refractivity contribution in [1.29, 1.82) is 0 Å². The standard InChI is InChI=1S/C22H23N5O2.C21H19N5O2.C20H19N7O2.C19H20N6O.C16H14N4O/c1-23-21(28)14-7-10-19-18(11-14)24-20(13-5-3-2-4-6-13)27(19)15-8-9-16-17(12-15)26-22(29)25-16;1-22-20(27)13-6-9-18-17(10-13)23-19(12-4-2-3-5-12)26(18)14-7-8-15-16(11-14)25-21(28)24-15;1-21-19(28)11-3-6-17-15(7-11)23-18(16-9-26(2)10-22-16)27(17)12-4-5-13-14(8-12)25-20(29)24-13;1-10(2)18-24-14-7-12(19(26)20-4)5-6-16(14)25(18)13-8-15-17(21-9-13)23-11(3)22-15;1-10-17-12-7-6-11(8-14(12)18-10)20-15-5-3-2-4-13(15)19-16(20)9-21/h7-13H,2-6H2,1H3,(H,23,28)(H2,25,26,29);2,4-11,19,23H,3H2,1H3,(H,22,27)(H2,24,25,28);3-10,18,23H,1-2H3,(H,21,28)(H2,24,25,29);5-10,22H,3H2,1-2,4H3,(H,20,26)(H,21,23);2-8,17-18,21H,1,9H2. The van der Waals surface area contributed by atoms with Crippen LogP contribution in [0.5, 0.6) is 0 Å². The maximum absolute atomic E-state index is 12.1. The molecule has 17 N–H and O–H groups in total. The molecule has 1 fully saturated rings. The van der Waals surface area contributed by atoms with Crippen molar-refractivity contribution >= 4 is 147 Å². The monoisotopic (exact) mass is 1780 g/mol. The van der Waals surface area contributed by atoms with E-state index in [1.165, 1.54) is 24.8 Å². The van der Waals surface area contributed by atoms with Gasteiger partial charge in [0.1, 0.15) is 53.7 Å². The second-order valence-electron chi connectivity index (χ2n) is 33.1. The lowest BCUT2D eigenvalue weighted by atomic mass is 9.88. The van der Waals surface area contributed by atoms with E-state index in [-0.39, 0.29) is 65.6 Å². The van der Waals surface area contributed by atoms with Gasteiger partial charge in [-0.25, -0.2) is 39.3 Å². The molecular formula is C98H95N27O8. The third-order valence-corrected chi connectivity index (χ3v) is 24.1. The fourth-order valence-corrected chi connectivity index (χ4v) is 17.9. The third-order valence-electron chi connectivity index (χ3n) is 24.1. The zero-order chi connectivity index (χ0) is 92.1. The smallest absolute Gasteiger partial charge is 0.323 e. The van der Waals surface area contributed by atoms with E-state index in [1.54, 1.807) is 40.6 Å². The number of carbonyl (C=O) groups is 4. The number of aromatic nitrogens is 15. The number of fused-ring (bicyclic) bond motifs is 10. The van der Waals surface area contributed by atoms with Crippen LogP contribution < -0.4 is 80.0 Å². The lowest BCUT2D eigenvalue weighted by molar-refractivity contribution is 0.0955. The van der Waals surface area contributed by atoms with Crippen LogP contribution in [0.25, 0.3) is 83.3 Å². The van der Waals surface area contributed by atoms with Gasteiger partial charge in [-0.1, -0.05) is 76.6 Å². The van der Waals surface area contributed by atoms with Crippen molar-refractivity contribution in [3.63, 3.8) is 0 Å². The average Bonchev–Trinajstić information content (AvgIpc) is 1.61. The number of para-hydroxylation sites is 2. The Balaban J connectivity index is 0.000000108. The molecule has 2 atom stereocenters.